The Hall–Kier alpha value is -2.93. The number of piperazine rings is 1. The highest BCUT2D eigenvalue weighted by molar-refractivity contribution is 6.00. The van der Waals surface area contributed by atoms with Gasteiger partial charge in [-0.2, -0.15) is 0 Å². The second-order valence-corrected chi connectivity index (χ2v) is 8.28. The Morgan fingerprint density at radius 2 is 1.97 bits per heavy atom. The molecule has 0 unspecified atom stereocenters. The van der Waals surface area contributed by atoms with Crippen LogP contribution in [-0.2, 0) is 4.79 Å². The molecule has 0 spiro atoms. The SMILES string of the molecule is CCC(=O)N(c1cc(F)ccc1-c1cc(N2CCNCC2)cn2c(C)ncc12)C(C)C. The third-order valence-corrected chi connectivity index (χ3v) is 5.89. The Kier molecular flexibility index (Phi) is 5.96. The van der Waals surface area contributed by atoms with Gasteiger partial charge in [0.05, 0.1) is 23.1 Å². The van der Waals surface area contributed by atoms with Crippen molar-refractivity contribution < 1.29 is 9.18 Å². The van der Waals surface area contributed by atoms with Crippen molar-refractivity contribution in [3.05, 3.63) is 48.3 Å². The zero-order valence-electron chi connectivity index (χ0n) is 18.7. The van der Waals surface area contributed by atoms with Gasteiger partial charge in [0, 0.05) is 56.0 Å². The van der Waals surface area contributed by atoms with E-state index in [-0.39, 0.29) is 17.8 Å². The molecular formula is C24H30FN5O. The Bertz CT molecular complexity index is 1100. The van der Waals surface area contributed by atoms with Crippen molar-refractivity contribution in [1.29, 1.82) is 0 Å². The Morgan fingerprint density at radius 3 is 2.65 bits per heavy atom. The van der Waals surface area contributed by atoms with Crippen LogP contribution >= 0.6 is 0 Å². The number of rotatable bonds is 5. The van der Waals surface area contributed by atoms with Crippen molar-refractivity contribution in [3.8, 4) is 11.1 Å². The number of aromatic nitrogens is 2. The highest BCUT2D eigenvalue weighted by atomic mass is 19.1. The fourth-order valence-corrected chi connectivity index (χ4v) is 4.32. The number of nitrogens with one attached hydrogen (secondary N) is 1. The minimum atomic E-state index is -0.354. The van der Waals surface area contributed by atoms with Crippen molar-refractivity contribution >= 4 is 22.8 Å². The minimum absolute atomic E-state index is 0.0270. The number of carbonyl (C=O) groups excluding carboxylic acids is 1. The highest BCUT2D eigenvalue weighted by Crippen LogP contribution is 2.38. The maximum absolute atomic E-state index is 14.4. The molecule has 0 aliphatic carbocycles. The molecule has 0 bridgehead atoms. The fourth-order valence-electron chi connectivity index (χ4n) is 4.32. The third-order valence-electron chi connectivity index (χ3n) is 5.89. The molecule has 0 atom stereocenters. The van der Waals surface area contributed by atoms with E-state index in [1.807, 2.05) is 33.9 Å². The van der Waals surface area contributed by atoms with Gasteiger partial charge >= 0.3 is 0 Å². The number of aryl methyl sites for hydroxylation is 1. The smallest absolute Gasteiger partial charge is 0.226 e. The summed E-state index contributed by atoms with van der Waals surface area (Å²) in [6.07, 6.45) is 4.32. The van der Waals surface area contributed by atoms with Crippen LogP contribution in [0, 0.1) is 12.7 Å². The van der Waals surface area contributed by atoms with Gasteiger partial charge in [-0.25, -0.2) is 9.37 Å². The van der Waals surface area contributed by atoms with Crippen molar-refractivity contribution in [3.63, 3.8) is 0 Å². The van der Waals surface area contributed by atoms with E-state index in [1.165, 1.54) is 12.1 Å². The van der Waals surface area contributed by atoms with E-state index in [2.05, 4.69) is 31.9 Å². The van der Waals surface area contributed by atoms with Gasteiger partial charge in [-0.1, -0.05) is 6.92 Å². The van der Waals surface area contributed by atoms with Crippen LogP contribution in [0.15, 0.2) is 36.7 Å². The first kappa shape index (κ1) is 21.3. The quantitative estimate of drug-likeness (QED) is 0.674. The Balaban J connectivity index is 1.95. The molecule has 1 amide bonds. The largest absolute Gasteiger partial charge is 0.368 e. The molecule has 1 fully saturated rings. The fraction of sp³-hybridized carbons (Fsp3) is 0.417. The first-order valence-electron chi connectivity index (χ1n) is 11.0. The number of carbonyl (C=O) groups is 1. The average molecular weight is 424 g/mol. The van der Waals surface area contributed by atoms with Crippen molar-refractivity contribution in [2.75, 3.05) is 36.0 Å². The van der Waals surface area contributed by atoms with Gasteiger partial charge in [-0.3, -0.25) is 4.79 Å². The molecule has 1 saturated heterocycles. The summed E-state index contributed by atoms with van der Waals surface area (Å²) in [6, 6.07) is 6.77. The molecule has 2 aromatic heterocycles. The molecule has 31 heavy (non-hydrogen) atoms. The number of amides is 1. The van der Waals surface area contributed by atoms with Gasteiger partial charge in [0.25, 0.3) is 0 Å². The van der Waals surface area contributed by atoms with E-state index in [9.17, 15) is 9.18 Å². The lowest BCUT2D eigenvalue weighted by Gasteiger charge is -2.31. The molecule has 0 radical (unpaired) electrons. The van der Waals surface area contributed by atoms with E-state index in [1.54, 1.807) is 11.0 Å². The predicted molar refractivity (Wildman–Crippen MR) is 123 cm³/mol. The second kappa shape index (κ2) is 8.67. The summed E-state index contributed by atoms with van der Waals surface area (Å²) in [5, 5.41) is 3.39. The van der Waals surface area contributed by atoms with Gasteiger partial charge in [-0.15, -0.1) is 0 Å². The van der Waals surface area contributed by atoms with Crippen LogP contribution in [0.25, 0.3) is 16.6 Å². The number of anilines is 2. The molecule has 1 aliphatic rings. The number of benzene rings is 1. The normalized spacial score (nSPS) is 14.5. The highest BCUT2D eigenvalue weighted by Gasteiger charge is 2.24. The van der Waals surface area contributed by atoms with Crippen LogP contribution < -0.4 is 15.1 Å². The summed E-state index contributed by atoms with van der Waals surface area (Å²) in [6.45, 7) is 11.4. The molecule has 7 heteroatoms. The molecule has 1 aromatic carbocycles. The van der Waals surface area contributed by atoms with Crippen LogP contribution in [-0.4, -0.2) is 47.5 Å². The molecule has 1 aliphatic heterocycles. The number of halogens is 1. The van der Waals surface area contributed by atoms with Crippen LogP contribution in [0.1, 0.15) is 33.0 Å². The topological polar surface area (TPSA) is 52.9 Å². The van der Waals surface area contributed by atoms with Gasteiger partial charge in [0.1, 0.15) is 11.6 Å². The van der Waals surface area contributed by atoms with Crippen molar-refractivity contribution in [2.24, 2.45) is 0 Å². The van der Waals surface area contributed by atoms with Crippen LogP contribution in [0.4, 0.5) is 15.8 Å². The first-order valence-corrected chi connectivity index (χ1v) is 11.0. The lowest BCUT2D eigenvalue weighted by atomic mass is 10.0. The first-order chi connectivity index (χ1) is 14.9. The summed E-state index contributed by atoms with van der Waals surface area (Å²) in [7, 11) is 0. The number of hydrogen-bond donors (Lipinski definition) is 1. The van der Waals surface area contributed by atoms with Crippen LogP contribution in [0.5, 0.6) is 0 Å². The number of fused-ring (bicyclic) bond motifs is 1. The minimum Gasteiger partial charge on any atom is -0.368 e. The van der Waals surface area contributed by atoms with Gasteiger partial charge in [0.15, 0.2) is 0 Å². The summed E-state index contributed by atoms with van der Waals surface area (Å²) >= 11 is 0. The maximum Gasteiger partial charge on any atom is 0.226 e. The monoisotopic (exact) mass is 423 g/mol. The summed E-state index contributed by atoms with van der Waals surface area (Å²) < 4.78 is 16.5. The maximum atomic E-state index is 14.4. The molecule has 1 N–H and O–H groups in total. The predicted octanol–water partition coefficient (Wildman–Crippen LogP) is 4.01. The van der Waals surface area contributed by atoms with E-state index < -0.39 is 0 Å². The summed E-state index contributed by atoms with van der Waals surface area (Å²) in [5.74, 6) is 0.510. The lowest BCUT2D eigenvalue weighted by Crippen LogP contribution is -2.43. The molecular weight excluding hydrogens is 393 g/mol. The zero-order chi connectivity index (χ0) is 22.1. The second-order valence-electron chi connectivity index (χ2n) is 8.28. The summed E-state index contributed by atoms with van der Waals surface area (Å²) in [5.41, 5.74) is 4.41. The van der Waals surface area contributed by atoms with E-state index >= 15 is 0 Å². The van der Waals surface area contributed by atoms with E-state index in [4.69, 9.17) is 0 Å². The average Bonchev–Trinajstić information content (AvgIpc) is 3.14. The Labute approximate surface area is 182 Å². The van der Waals surface area contributed by atoms with E-state index in [0.29, 0.717) is 12.1 Å². The van der Waals surface area contributed by atoms with Crippen molar-refractivity contribution in [2.45, 2.75) is 40.2 Å². The van der Waals surface area contributed by atoms with Crippen LogP contribution in [0.2, 0.25) is 0 Å². The molecule has 0 saturated carbocycles. The van der Waals surface area contributed by atoms with E-state index in [0.717, 1.165) is 54.3 Å². The van der Waals surface area contributed by atoms with Gasteiger partial charge in [-0.05, 0) is 45.0 Å². The number of pyridine rings is 1. The van der Waals surface area contributed by atoms with Gasteiger partial charge < -0.3 is 19.5 Å². The van der Waals surface area contributed by atoms with Crippen molar-refractivity contribution in [1.82, 2.24) is 14.7 Å². The number of hydrogen-bond acceptors (Lipinski definition) is 4. The zero-order valence-corrected chi connectivity index (χ0v) is 18.7. The molecule has 3 heterocycles. The Morgan fingerprint density at radius 1 is 1.23 bits per heavy atom. The molecule has 164 valence electrons. The van der Waals surface area contributed by atoms with Crippen LogP contribution in [0.3, 0.4) is 0 Å². The number of imidazole rings is 1. The lowest BCUT2D eigenvalue weighted by molar-refractivity contribution is -0.118. The summed E-state index contributed by atoms with van der Waals surface area (Å²) in [4.78, 5) is 21.4. The number of nitrogens with zero attached hydrogens (tertiary/aromatic N) is 4. The molecule has 4 rings (SSSR count). The molecule has 3 aromatic rings. The standard InChI is InChI=1S/C24H30FN5O/c1-5-24(31)30(16(2)3)22-12-18(25)6-7-20(22)21-13-19(28-10-8-26-9-11-28)15-29-17(4)27-14-23(21)29/h6-7,12-16,26H,5,8-11H2,1-4H3. The third kappa shape index (κ3) is 4.02. The molecule has 6 nitrogen and oxygen atoms in total. The van der Waals surface area contributed by atoms with Gasteiger partial charge in [0.2, 0.25) is 5.91 Å².